The van der Waals surface area contributed by atoms with E-state index in [4.69, 9.17) is 11.6 Å². The van der Waals surface area contributed by atoms with Gasteiger partial charge >= 0.3 is 5.97 Å². The molecule has 0 aliphatic heterocycles. The van der Waals surface area contributed by atoms with Crippen molar-refractivity contribution in [2.75, 3.05) is 12.4 Å². The smallest absolute Gasteiger partial charge is 0.339 e. The molecule has 9 heteroatoms. The van der Waals surface area contributed by atoms with Crippen molar-refractivity contribution >= 4 is 29.2 Å². The zero-order valence-electron chi connectivity index (χ0n) is 13.0. The van der Waals surface area contributed by atoms with Crippen LogP contribution < -0.4 is 5.32 Å². The maximum absolute atomic E-state index is 12.5. The molecule has 1 amide bonds. The molecular weight excluding hydrogens is 346 g/mol. The molecule has 0 spiro atoms. The van der Waals surface area contributed by atoms with E-state index in [9.17, 15) is 9.59 Å². The standard InChI is InChI=1S/C16H12ClN5O3/c1-25-16(24)13-8-11(5-6-14(13)17)19-15(23)10-3-2-4-12(7-10)22-9-18-20-21-22/h2-9H,1H3,(H,19,23). The lowest BCUT2D eigenvalue weighted by molar-refractivity contribution is 0.0600. The third kappa shape index (κ3) is 3.64. The van der Waals surface area contributed by atoms with Crippen molar-refractivity contribution in [3.05, 3.63) is 64.9 Å². The van der Waals surface area contributed by atoms with Crippen LogP contribution in [0.3, 0.4) is 0 Å². The highest BCUT2D eigenvalue weighted by Crippen LogP contribution is 2.22. The van der Waals surface area contributed by atoms with Crippen molar-refractivity contribution < 1.29 is 14.3 Å². The van der Waals surface area contributed by atoms with Gasteiger partial charge in [0.15, 0.2) is 0 Å². The Hall–Kier alpha value is -3.26. The SMILES string of the molecule is COC(=O)c1cc(NC(=O)c2cccc(-n3cnnn3)c2)ccc1Cl. The van der Waals surface area contributed by atoms with Crippen molar-refractivity contribution in [3.63, 3.8) is 0 Å². The average molecular weight is 358 g/mol. The van der Waals surface area contributed by atoms with E-state index < -0.39 is 5.97 Å². The number of nitrogens with zero attached hydrogens (tertiary/aromatic N) is 4. The number of hydrogen-bond acceptors (Lipinski definition) is 6. The van der Waals surface area contributed by atoms with Crippen LogP contribution >= 0.6 is 11.6 Å². The minimum atomic E-state index is -0.582. The molecule has 8 nitrogen and oxygen atoms in total. The van der Waals surface area contributed by atoms with Gasteiger partial charge in [-0.1, -0.05) is 17.7 Å². The Morgan fingerprint density at radius 1 is 1.20 bits per heavy atom. The van der Waals surface area contributed by atoms with Crippen LogP contribution in [0.5, 0.6) is 0 Å². The van der Waals surface area contributed by atoms with Gasteiger partial charge in [-0.25, -0.2) is 9.48 Å². The summed E-state index contributed by atoms with van der Waals surface area (Å²) in [5.41, 5.74) is 1.64. The van der Waals surface area contributed by atoms with E-state index in [2.05, 4.69) is 25.6 Å². The summed E-state index contributed by atoms with van der Waals surface area (Å²) in [6.07, 6.45) is 1.43. The number of aromatic nitrogens is 4. The number of esters is 1. The second-order valence-electron chi connectivity index (χ2n) is 4.95. The van der Waals surface area contributed by atoms with Crippen LogP contribution in [0, 0.1) is 0 Å². The van der Waals surface area contributed by atoms with Crippen LogP contribution in [0.2, 0.25) is 5.02 Å². The molecule has 2 aromatic carbocycles. The van der Waals surface area contributed by atoms with E-state index >= 15 is 0 Å². The van der Waals surface area contributed by atoms with E-state index in [1.807, 2.05) is 0 Å². The third-order valence-electron chi connectivity index (χ3n) is 3.35. The summed E-state index contributed by atoms with van der Waals surface area (Å²) in [5, 5.41) is 13.8. The second kappa shape index (κ2) is 7.10. The molecule has 0 saturated heterocycles. The lowest BCUT2D eigenvalue weighted by atomic mass is 10.1. The quantitative estimate of drug-likeness (QED) is 0.719. The Kier molecular flexibility index (Phi) is 4.71. The molecule has 1 heterocycles. The van der Waals surface area contributed by atoms with Gasteiger partial charge in [-0.2, -0.15) is 0 Å². The molecule has 0 fully saturated rings. The summed E-state index contributed by atoms with van der Waals surface area (Å²) in [7, 11) is 1.26. The number of carbonyl (C=O) groups excluding carboxylic acids is 2. The number of rotatable bonds is 4. The molecule has 126 valence electrons. The van der Waals surface area contributed by atoms with Crippen molar-refractivity contribution in [1.82, 2.24) is 20.2 Å². The van der Waals surface area contributed by atoms with E-state index in [0.29, 0.717) is 16.9 Å². The summed E-state index contributed by atoms with van der Waals surface area (Å²) < 4.78 is 6.10. The number of benzene rings is 2. The Morgan fingerprint density at radius 3 is 2.76 bits per heavy atom. The highest BCUT2D eigenvalue weighted by atomic mass is 35.5. The molecule has 0 aliphatic rings. The van der Waals surface area contributed by atoms with E-state index in [-0.39, 0.29) is 16.5 Å². The Bertz CT molecular complexity index is 927. The third-order valence-corrected chi connectivity index (χ3v) is 3.68. The second-order valence-corrected chi connectivity index (χ2v) is 5.35. The van der Waals surface area contributed by atoms with Gasteiger partial charge in [0.1, 0.15) is 6.33 Å². The molecule has 0 radical (unpaired) electrons. The van der Waals surface area contributed by atoms with Crippen LogP contribution in [0.4, 0.5) is 5.69 Å². The lowest BCUT2D eigenvalue weighted by Gasteiger charge is -2.09. The van der Waals surface area contributed by atoms with Crippen molar-refractivity contribution in [2.24, 2.45) is 0 Å². The summed E-state index contributed by atoms with van der Waals surface area (Å²) in [6, 6.07) is 11.3. The molecule has 0 unspecified atom stereocenters. The molecule has 0 saturated carbocycles. The fourth-order valence-corrected chi connectivity index (χ4v) is 2.34. The predicted octanol–water partition coefficient (Wildman–Crippen LogP) is 2.35. The maximum Gasteiger partial charge on any atom is 0.339 e. The van der Waals surface area contributed by atoms with Gasteiger partial charge in [0.05, 0.1) is 23.4 Å². The molecule has 25 heavy (non-hydrogen) atoms. The zero-order chi connectivity index (χ0) is 17.8. The Labute approximate surface area is 147 Å². The maximum atomic E-state index is 12.5. The predicted molar refractivity (Wildman–Crippen MR) is 89.9 cm³/mol. The van der Waals surface area contributed by atoms with Crippen molar-refractivity contribution in [2.45, 2.75) is 0 Å². The Balaban J connectivity index is 1.83. The molecule has 0 bridgehead atoms. The number of anilines is 1. The van der Waals surface area contributed by atoms with Gasteiger partial charge in [0.25, 0.3) is 5.91 Å². The number of tetrazole rings is 1. The number of amides is 1. The van der Waals surface area contributed by atoms with E-state index in [1.165, 1.54) is 30.3 Å². The molecule has 3 rings (SSSR count). The van der Waals surface area contributed by atoms with Gasteiger partial charge in [0, 0.05) is 11.3 Å². The molecule has 0 aliphatic carbocycles. The number of methoxy groups -OCH3 is 1. The van der Waals surface area contributed by atoms with E-state index in [1.54, 1.807) is 30.3 Å². The summed E-state index contributed by atoms with van der Waals surface area (Å²) in [5.74, 6) is -0.935. The van der Waals surface area contributed by atoms with Crippen LogP contribution in [0.1, 0.15) is 20.7 Å². The first-order valence-electron chi connectivity index (χ1n) is 7.11. The number of carbonyl (C=O) groups is 2. The van der Waals surface area contributed by atoms with E-state index in [0.717, 1.165) is 0 Å². The Morgan fingerprint density at radius 2 is 2.04 bits per heavy atom. The first-order chi connectivity index (χ1) is 12.1. The van der Waals surface area contributed by atoms with Crippen LogP contribution in [0.25, 0.3) is 5.69 Å². The normalized spacial score (nSPS) is 10.3. The summed E-state index contributed by atoms with van der Waals surface area (Å²) in [4.78, 5) is 24.1. The zero-order valence-corrected chi connectivity index (χ0v) is 13.8. The summed E-state index contributed by atoms with van der Waals surface area (Å²) in [6.45, 7) is 0. The topological polar surface area (TPSA) is 99.0 Å². The van der Waals surface area contributed by atoms with Gasteiger partial charge < -0.3 is 10.1 Å². The summed E-state index contributed by atoms with van der Waals surface area (Å²) >= 11 is 5.97. The molecule has 0 atom stereocenters. The number of ether oxygens (including phenoxy) is 1. The largest absolute Gasteiger partial charge is 0.465 e. The highest BCUT2D eigenvalue weighted by molar-refractivity contribution is 6.33. The minimum absolute atomic E-state index is 0.171. The molecule has 1 N–H and O–H groups in total. The fourth-order valence-electron chi connectivity index (χ4n) is 2.14. The van der Waals surface area contributed by atoms with Crippen molar-refractivity contribution in [1.29, 1.82) is 0 Å². The van der Waals surface area contributed by atoms with Gasteiger partial charge in [-0.3, -0.25) is 4.79 Å². The van der Waals surface area contributed by atoms with Gasteiger partial charge in [-0.15, -0.1) is 5.10 Å². The number of halogens is 1. The lowest BCUT2D eigenvalue weighted by Crippen LogP contribution is -2.13. The number of hydrogen-bond donors (Lipinski definition) is 1. The average Bonchev–Trinajstić information content (AvgIpc) is 3.17. The monoisotopic (exact) mass is 357 g/mol. The van der Waals surface area contributed by atoms with Gasteiger partial charge in [-0.05, 0) is 46.8 Å². The first kappa shape index (κ1) is 16.6. The van der Waals surface area contributed by atoms with Crippen LogP contribution in [0.15, 0.2) is 48.8 Å². The number of nitrogens with one attached hydrogen (secondary N) is 1. The molecular formula is C16H12ClN5O3. The first-order valence-corrected chi connectivity index (χ1v) is 7.49. The van der Waals surface area contributed by atoms with Crippen LogP contribution in [-0.2, 0) is 4.74 Å². The molecule has 1 aromatic heterocycles. The van der Waals surface area contributed by atoms with Crippen molar-refractivity contribution in [3.8, 4) is 5.69 Å². The van der Waals surface area contributed by atoms with Crippen LogP contribution in [-0.4, -0.2) is 39.2 Å². The molecule has 3 aromatic rings. The van der Waals surface area contributed by atoms with Gasteiger partial charge in [0.2, 0.25) is 0 Å². The highest BCUT2D eigenvalue weighted by Gasteiger charge is 2.13. The minimum Gasteiger partial charge on any atom is -0.465 e. The fraction of sp³-hybridized carbons (Fsp3) is 0.0625.